The predicted molar refractivity (Wildman–Crippen MR) is 169 cm³/mol. The number of benzene rings is 2. The smallest absolute Gasteiger partial charge is 0.219 e. The van der Waals surface area contributed by atoms with Crippen LogP contribution in [0.25, 0.3) is 0 Å². The molecule has 2 aromatic rings. The van der Waals surface area contributed by atoms with Gasteiger partial charge in [-0.1, -0.05) is 51.0 Å². The first-order valence-corrected chi connectivity index (χ1v) is 16.1. The molecule has 0 aliphatic carbocycles. The molecule has 2 aromatic carbocycles. The quantitative estimate of drug-likeness (QED) is 0.308. The van der Waals surface area contributed by atoms with E-state index in [1.54, 1.807) is 13.8 Å². The summed E-state index contributed by atoms with van der Waals surface area (Å²) in [7, 11) is 0. The zero-order valence-corrected chi connectivity index (χ0v) is 26.1. The second-order valence-corrected chi connectivity index (χ2v) is 12.3. The van der Waals surface area contributed by atoms with Gasteiger partial charge in [-0.3, -0.25) is 14.5 Å². The van der Waals surface area contributed by atoms with Crippen LogP contribution in [0.3, 0.4) is 0 Å². The van der Waals surface area contributed by atoms with Gasteiger partial charge in [0.1, 0.15) is 5.75 Å². The summed E-state index contributed by atoms with van der Waals surface area (Å²) in [6.45, 7) is 11.0. The lowest BCUT2D eigenvalue weighted by Crippen LogP contribution is -2.48. The Kier molecular flexibility index (Phi) is 11.8. The maximum absolute atomic E-state index is 12.0. The van der Waals surface area contributed by atoms with Crippen molar-refractivity contribution >= 4 is 17.4 Å². The molecule has 1 amide bonds. The van der Waals surface area contributed by atoms with Gasteiger partial charge in [0.15, 0.2) is 5.78 Å². The summed E-state index contributed by atoms with van der Waals surface area (Å²) in [5, 5.41) is 13.5. The van der Waals surface area contributed by atoms with Gasteiger partial charge in [0, 0.05) is 50.4 Å². The zero-order chi connectivity index (χ0) is 30.1. The number of ether oxygens (including phenoxy) is 1. The summed E-state index contributed by atoms with van der Waals surface area (Å²) in [5.41, 5.74) is 4.49. The largest absolute Gasteiger partial charge is 0.493 e. The lowest BCUT2D eigenvalue weighted by Gasteiger charge is -2.39. The van der Waals surface area contributed by atoms with Gasteiger partial charge < -0.3 is 20.1 Å². The van der Waals surface area contributed by atoms with Crippen LogP contribution < -0.4 is 10.1 Å². The van der Waals surface area contributed by atoms with Crippen LogP contribution in [0, 0.1) is 0 Å². The van der Waals surface area contributed by atoms with Crippen LogP contribution in [-0.4, -0.2) is 70.5 Å². The molecular weight excluding hydrogens is 526 g/mol. The van der Waals surface area contributed by atoms with Crippen molar-refractivity contribution in [2.45, 2.75) is 116 Å². The number of anilines is 1. The normalized spacial score (nSPS) is 22.0. The first-order valence-electron chi connectivity index (χ1n) is 16.1. The molecule has 2 saturated heterocycles. The maximum atomic E-state index is 12.0. The highest BCUT2D eigenvalue weighted by Crippen LogP contribution is 2.37. The van der Waals surface area contributed by atoms with Crippen molar-refractivity contribution in [1.82, 2.24) is 9.80 Å². The van der Waals surface area contributed by atoms with Gasteiger partial charge in [0.2, 0.25) is 5.91 Å². The molecular formula is C35H51N3O4. The van der Waals surface area contributed by atoms with E-state index in [1.165, 1.54) is 17.5 Å². The number of carbonyl (C=O) groups excluding carboxylic acids is 2. The van der Waals surface area contributed by atoms with E-state index < -0.39 is 0 Å². The third-order valence-corrected chi connectivity index (χ3v) is 8.86. The molecule has 0 aromatic heterocycles. The van der Waals surface area contributed by atoms with Crippen LogP contribution in [0.15, 0.2) is 42.5 Å². The van der Waals surface area contributed by atoms with Gasteiger partial charge in [-0.2, -0.15) is 0 Å². The van der Waals surface area contributed by atoms with Crippen molar-refractivity contribution in [1.29, 1.82) is 0 Å². The van der Waals surface area contributed by atoms with E-state index in [1.807, 2.05) is 25.1 Å². The van der Waals surface area contributed by atoms with Crippen LogP contribution in [0.2, 0.25) is 0 Å². The highest BCUT2D eigenvalue weighted by Gasteiger charge is 2.42. The Morgan fingerprint density at radius 1 is 1.02 bits per heavy atom. The SMILES string of the molecule is CCCCC(O)CN1CCc2ccccc2C1.CCCOc1ccc(NC2CC3CCC(C2)N3C(C)=O)cc1C(C)=O. The van der Waals surface area contributed by atoms with Gasteiger partial charge in [-0.15, -0.1) is 0 Å². The summed E-state index contributed by atoms with van der Waals surface area (Å²) in [6.07, 6.45) is 9.26. The minimum Gasteiger partial charge on any atom is -0.493 e. The Balaban J connectivity index is 0.000000208. The number of carbonyl (C=O) groups is 2. The number of fused-ring (bicyclic) bond motifs is 3. The summed E-state index contributed by atoms with van der Waals surface area (Å²) in [5.74, 6) is 0.870. The molecule has 3 aliphatic heterocycles. The minimum atomic E-state index is -0.153. The van der Waals surface area contributed by atoms with Crippen molar-refractivity contribution in [3.05, 3.63) is 59.2 Å². The van der Waals surface area contributed by atoms with Crippen LogP contribution in [-0.2, 0) is 17.8 Å². The Labute approximate surface area is 252 Å². The van der Waals surface area contributed by atoms with E-state index in [9.17, 15) is 14.7 Å². The number of hydrogen-bond donors (Lipinski definition) is 2. The van der Waals surface area contributed by atoms with Crippen molar-refractivity contribution in [3.63, 3.8) is 0 Å². The highest BCUT2D eigenvalue weighted by atomic mass is 16.5. The van der Waals surface area contributed by atoms with E-state index >= 15 is 0 Å². The molecule has 3 unspecified atom stereocenters. The number of amides is 1. The predicted octanol–water partition coefficient (Wildman–Crippen LogP) is 6.23. The average Bonchev–Trinajstić information content (AvgIpc) is 3.26. The number of nitrogens with zero attached hydrogens (tertiary/aromatic N) is 2. The number of aliphatic hydroxyl groups is 1. The first-order chi connectivity index (χ1) is 20.3. The number of Topliss-reactive ketones (excluding diaryl/α,β-unsaturated/α-hetero) is 1. The Morgan fingerprint density at radius 3 is 2.38 bits per heavy atom. The molecule has 0 spiro atoms. The summed E-state index contributed by atoms with van der Waals surface area (Å²) < 4.78 is 5.68. The number of unbranched alkanes of at least 4 members (excludes halogenated alkanes) is 1. The molecule has 3 heterocycles. The Bertz CT molecular complexity index is 1170. The molecule has 0 saturated carbocycles. The number of nitrogens with one attached hydrogen (secondary N) is 1. The van der Waals surface area contributed by atoms with Gasteiger partial charge in [0.25, 0.3) is 0 Å². The molecule has 42 heavy (non-hydrogen) atoms. The molecule has 7 nitrogen and oxygen atoms in total. The second-order valence-electron chi connectivity index (χ2n) is 12.3. The third kappa shape index (κ3) is 8.57. The number of hydrogen-bond acceptors (Lipinski definition) is 6. The molecule has 0 radical (unpaired) electrons. The molecule has 5 rings (SSSR count). The highest BCUT2D eigenvalue weighted by molar-refractivity contribution is 5.97. The van der Waals surface area contributed by atoms with Crippen molar-refractivity contribution in [3.8, 4) is 5.75 Å². The third-order valence-electron chi connectivity index (χ3n) is 8.86. The summed E-state index contributed by atoms with van der Waals surface area (Å²) in [6, 6.07) is 15.5. The molecule has 3 aliphatic rings. The number of rotatable bonds is 11. The van der Waals surface area contributed by atoms with Crippen LogP contribution in [0.5, 0.6) is 5.75 Å². The standard InChI is InChI=1S/C20H28N2O3.C15H23NO/c1-4-9-25-20-8-5-15(12-19(20)13(2)23)21-16-10-17-6-7-18(11-16)22(17)14(3)24;1-2-3-8-15(17)12-16-10-9-13-6-4-5-7-14(13)11-16/h5,8,12,16-18,21H,4,6-7,9-11H2,1-3H3;4-7,15,17H,2-3,8-12H2,1H3. The Hall–Kier alpha value is -2.90. The summed E-state index contributed by atoms with van der Waals surface area (Å²) >= 11 is 0. The van der Waals surface area contributed by atoms with E-state index in [0.29, 0.717) is 36.0 Å². The molecule has 7 heteroatoms. The van der Waals surface area contributed by atoms with Crippen LogP contribution >= 0.6 is 0 Å². The Morgan fingerprint density at radius 2 is 1.74 bits per heavy atom. The zero-order valence-electron chi connectivity index (χ0n) is 26.1. The fourth-order valence-corrected chi connectivity index (χ4v) is 6.82. The van der Waals surface area contributed by atoms with Gasteiger partial charge >= 0.3 is 0 Å². The molecule has 230 valence electrons. The van der Waals surface area contributed by atoms with Crippen molar-refractivity contribution in [2.24, 2.45) is 0 Å². The summed E-state index contributed by atoms with van der Waals surface area (Å²) in [4.78, 5) is 28.2. The van der Waals surface area contributed by atoms with Gasteiger partial charge in [-0.05, 0) is 81.2 Å². The number of ketones is 1. The fraction of sp³-hybridized carbons (Fsp3) is 0.600. The van der Waals surface area contributed by atoms with Gasteiger partial charge in [-0.25, -0.2) is 0 Å². The number of aliphatic hydroxyl groups excluding tert-OH is 1. The monoisotopic (exact) mass is 577 g/mol. The van der Waals surface area contributed by atoms with E-state index in [2.05, 4.69) is 46.3 Å². The van der Waals surface area contributed by atoms with E-state index in [4.69, 9.17) is 4.74 Å². The molecule has 2 fully saturated rings. The van der Waals surface area contributed by atoms with E-state index in [0.717, 1.165) is 76.7 Å². The lowest BCUT2D eigenvalue weighted by atomic mass is 9.96. The van der Waals surface area contributed by atoms with E-state index in [-0.39, 0.29) is 17.8 Å². The second kappa shape index (κ2) is 15.5. The first kappa shape index (κ1) is 32.0. The van der Waals surface area contributed by atoms with Gasteiger partial charge in [0.05, 0.1) is 18.3 Å². The molecule has 3 atom stereocenters. The van der Waals surface area contributed by atoms with Crippen LogP contribution in [0.1, 0.15) is 101 Å². The lowest BCUT2D eigenvalue weighted by molar-refractivity contribution is -0.133. The molecule has 2 N–H and O–H groups in total. The maximum Gasteiger partial charge on any atom is 0.219 e. The topological polar surface area (TPSA) is 82.1 Å². The minimum absolute atomic E-state index is 0.0150. The number of β-amino-alcohol motifs (C(OH)–C–C–N with tert-alkyl or cyclic N) is 1. The average molecular weight is 578 g/mol. The van der Waals surface area contributed by atoms with Crippen molar-refractivity contribution in [2.75, 3.05) is 25.0 Å². The fourth-order valence-electron chi connectivity index (χ4n) is 6.82. The molecule has 2 bridgehead atoms. The van der Waals surface area contributed by atoms with Crippen molar-refractivity contribution < 1.29 is 19.4 Å². The number of piperidine rings is 1. The van der Waals surface area contributed by atoms with Crippen LogP contribution in [0.4, 0.5) is 5.69 Å².